The van der Waals surface area contributed by atoms with Crippen molar-refractivity contribution in [1.29, 1.82) is 0 Å². The molecule has 3 nitrogen and oxygen atoms in total. The number of hydrogen-bond donors (Lipinski definition) is 0. The van der Waals surface area contributed by atoms with Crippen LogP contribution in [0.2, 0.25) is 0 Å². The molecule has 0 heterocycles. The van der Waals surface area contributed by atoms with E-state index in [0.29, 0.717) is 5.56 Å². The Balaban J connectivity index is 0. The molecule has 1 radical (unpaired) electrons. The van der Waals surface area contributed by atoms with Gasteiger partial charge in [-0.1, -0.05) is 30.3 Å². The van der Waals surface area contributed by atoms with Crippen molar-refractivity contribution in [3.05, 3.63) is 35.9 Å². The largest absolute Gasteiger partial charge is 1.00 e. The molecule has 57 valence electrons. The van der Waals surface area contributed by atoms with E-state index in [0.717, 1.165) is 0 Å². The minimum atomic E-state index is -1.81. The average Bonchev–Trinajstić information content (AvgIpc) is 2.08. The molecule has 0 atom stereocenters. The van der Waals surface area contributed by atoms with E-state index in [2.05, 4.69) is 0 Å². The van der Waals surface area contributed by atoms with Gasteiger partial charge in [-0.2, -0.15) is 0 Å². The Labute approximate surface area is 99.7 Å². The number of hydrogen-bond acceptors (Lipinski definition) is 3. The first kappa shape index (κ1) is 14.7. The molecule has 0 saturated carbocycles. The first-order valence-corrected chi connectivity index (χ1v) is 4.26. The minimum absolute atomic E-state index is 0. The molecule has 0 aliphatic carbocycles. The average molecular weight is 235 g/mol. The zero-order chi connectivity index (χ0) is 8.53. The summed E-state index contributed by atoms with van der Waals surface area (Å²) in [4.78, 5) is 9.88. The van der Waals surface area contributed by atoms with Crippen LogP contribution in [0, 0.1) is 0 Å². The van der Waals surface area contributed by atoms with Crippen molar-refractivity contribution in [3.63, 3.8) is 0 Å². The van der Waals surface area contributed by atoms with E-state index in [1.165, 1.54) is 0 Å². The zero-order valence-corrected chi connectivity index (χ0v) is 10.4. The fraction of sp³-hybridized carbons (Fsp3) is 0. The second kappa shape index (κ2) is 11.2. The van der Waals surface area contributed by atoms with Gasteiger partial charge in [-0.25, -0.2) is 0 Å². The van der Waals surface area contributed by atoms with Crippen LogP contribution in [0.1, 0.15) is 5.56 Å². The molecule has 0 amide bonds. The molecule has 0 unspecified atom stereocenters. The van der Waals surface area contributed by atoms with Crippen molar-refractivity contribution in [2.24, 2.45) is 0 Å². The summed E-state index contributed by atoms with van der Waals surface area (Å²) < 4.78 is 16.9. The van der Waals surface area contributed by atoms with Gasteiger partial charge in [0, 0.05) is 5.56 Å². The summed E-state index contributed by atoms with van der Waals surface area (Å²) in [7, 11) is 0. The van der Waals surface area contributed by atoms with Crippen molar-refractivity contribution in [1.82, 2.24) is 0 Å². The maximum Gasteiger partial charge on any atom is 1.00 e. The van der Waals surface area contributed by atoms with Crippen LogP contribution in [0.3, 0.4) is 0 Å². The zero-order valence-electron chi connectivity index (χ0n) is 6.56. The first-order chi connectivity index (χ1) is 5.35. The maximum absolute atomic E-state index is 9.88. The molecular weight excluding hydrogens is 230 g/mol. The van der Waals surface area contributed by atoms with E-state index >= 15 is 0 Å². The summed E-state index contributed by atoms with van der Waals surface area (Å²) >= 11 is -1.81. The number of rotatable bonds is 1. The van der Waals surface area contributed by atoms with Crippen LogP contribution in [0.25, 0.3) is 0 Å². The van der Waals surface area contributed by atoms with Gasteiger partial charge in [0.1, 0.15) is 0 Å². The van der Waals surface area contributed by atoms with Crippen molar-refractivity contribution >= 4 is 22.3 Å². The fourth-order valence-corrected chi connectivity index (χ4v) is 0.506. The molecule has 1 rings (SSSR count). The van der Waals surface area contributed by atoms with E-state index in [4.69, 9.17) is 7.84 Å². The number of carbonyl (C=O) groups excluding carboxylic acids is 1. The van der Waals surface area contributed by atoms with Gasteiger partial charge in [-0.3, -0.25) is 4.79 Å². The molecule has 1 aromatic carbocycles. The Bertz CT molecular complexity index is 215. The Morgan fingerprint density at radius 1 is 1.25 bits per heavy atom. The van der Waals surface area contributed by atoms with Gasteiger partial charge < -0.3 is 0 Å². The molecule has 0 spiro atoms. The molecular formula is C7H5AsNaO3. The van der Waals surface area contributed by atoms with Crippen LogP contribution < -0.4 is 33.7 Å². The molecule has 1 aromatic rings. The van der Waals surface area contributed by atoms with Gasteiger partial charge in [-0.05, 0) is 0 Å². The second-order valence-corrected chi connectivity index (χ2v) is 1.86. The fourth-order valence-electron chi connectivity index (χ4n) is 0.506. The van der Waals surface area contributed by atoms with Crippen LogP contribution >= 0.6 is 0 Å². The molecule has 12 heavy (non-hydrogen) atoms. The molecule has 0 aliphatic heterocycles. The summed E-state index contributed by atoms with van der Waals surface area (Å²) in [6.45, 7) is 0. The molecule has 0 N–H and O–H groups in total. The van der Waals surface area contributed by atoms with Crippen LogP contribution in [0.5, 0.6) is 0 Å². The summed E-state index contributed by atoms with van der Waals surface area (Å²) in [5.74, 6) is 0. The predicted molar refractivity (Wildman–Crippen MR) is 37.7 cm³/mol. The minimum Gasteiger partial charge on any atom is -0.285 e. The van der Waals surface area contributed by atoms with Gasteiger partial charge in [0.25, 0.3) is 0 Å². The summed E-state index contributed by atoms with van der Waals surface area (Å²) in [5, 5.41) is 0. The standard InChI is InChI=1S/C7H5O.AsHO2.Na/c8-6-7-4-2-1-3-5-7;2-1-3;/h1-5H;(H,2,3);/q;;+1/p-1. The van der Waals surface area contributed by atoms with Crippen LogP contribution in [-0.4, -0.2) is 22.3 Å². The SMILES string of the molecule is O=[As][O-].O=[C]c1ccccc1.[Na+]. The van der Waals surface area contributed by atoms with Crippen molar-refractivity contribution < 1.29 is 42.2 Å². The summed E-state index contributed by atoms with van der Waals surface area (Å²) in [5.41, 5.74) is 0.604. The van der Waals surface area contributed by atoms with Gasteiger partial charge in [0.2, 0.25) is 6.29 Å². The Kier molecular flexibility index (Phi) is 13.7. The van der Waals surface area contributed by atoms with Crippen molar-refractivity contribution in [2.75, 3.05) is 0 Å². The summed E-state index contributed by atoms with van der Waals surface area (Å²) in [6.07, 6.45) is 1.78. The van der Waals surface area contributed by atoms with Crippen LogP contribution in [0.4, 0.5) is 0 Å². The van der Waals surface area contributed by atoms with Gasteiger partial charge in [0.05, 0.1) is 0 Å². The normalized spacial score (nSPS) is 7.42. The third-order valence-electron chi connectivity index (χ3n) is 0.892. The third-order valence-corrected chi connectivity index (χ3v) is 0.892. The van der Waals surface area contributed by atoms with Crippen LogP contribution in [0.15, 0.2) is 30.3 Å². The third kappa shape index (κ3) is 8.31. The molecule has 5 heteroatoms. The van der Waals surface area contributed by atoms with Gasteiger partial charge >= 0.3 is 53.4 Å². The molecule has 0 aromatic heterocycles. The van der Waals surface area contributed by atoms with Crippen LogP contribution in [-0.2, 0) is 8.53 Å². The van der Waals surface area contributed by atoms with Gasteiger partial charge in [-0.15, -0.1) is 0 Å². The topological polar surface area (TPSA) is 57.2 Å². The van der Waals surface area contributed by atoms with E-state index in [-0.39, 0.29) is 29.6 Å². The first-order valence-electron chi connectivity index (χ1n) is 2.73. The number of benzene rings is 1. The van der Waals surface area contributed by atoms with Crippen molar-refractivity contribution in [3.8, 4) is 0 Å². The molecule has 0 bridgehead atoms. The van der Waals surface area contributed by atoms with E-state index in [1.807, 2.05) is 6.07 Å². The van der Waals surface area contributed by atoms with E-state index in [9.17, 15) is 4.79 Å². The second-order valence-electron chi connectivity index (χ2n) is 1.54. The molecule has 0 saturated heterocycles. The molecule has 0 aliphatic rings. The Hall–Kier alpha value is 0.208. The Morgan fingerprint density at radius 2 is 1.67 bits per heavy atom. The van der Waals surface area contributed by atoms with E-state index < -0.39 is 16.0 Å². The maximum atomic E-state index is 9.88. The summed E-state index contributed by atoms with van der Waals surface area (Å²) in [6, 6.07) is 8.90. The quantitative estimate of drug-likeness (QED) is 0.474. The Morgan fingerprint density at radius 3 is 1.92 bits per heavy atom. The van der Waals surface area contributed by atoms with E-state index in [1.54, 1.807) is 30.6 Å². The van der Waals surface area contributed by atoms with Gasteiger partial charge in [0.15, 0.2) is 0 Å². The molecule has 0 fully saturated rings. The van der Waals surface area contributed by atoms with Crippen molar-refractivity contribution in [2.45, 2.75) is 0 Å². The monoisotopic (exact) mass is 235 g/mol. The predicted octanol–water partition coefficient (Wildman–Crippen LogP) is -3.54. The smallest absolute Gasteiger partial charge is 0.285 e.